The van der Waals surface area contributed by atoms with Gasteiger partial charge in [0.15, 0.2) is 0 Å². The van der Waals surface area contributed by atoms with E-state index in [1.165, 1.54) is 0 Å². The molecule has 2 aromatic rings. The number of hydrogen-bond acceptors (Lipinski definition) is 3. The first-order valence-electron chi connectivity index (χ1n) is 6.16. The molecule has 0 aliphatic rings. The molecule has 2 rings (SSSR count). The second kappa shape index (κ2) is 5.45. The first kappa shape index (κ1) is 13.0. The lowest BCUT2D eigenvalue weighted by atomic mass is 10.1. The molecule has 3 heteroatoms. The largest absolute Gasteiger partial charge is 0.376 e. The molecule has 0 saturated heterocycles. The van der Waals surface area contributed by atoms with Gasteiger partial charge >= 0.3 is 0 Å². The molecule has 0 fully saturated rings. The third-order valence-corrected chi connectivity index (χ3v) is 2.95. The molecular weight excluding hydrogens is 234 g/mol. The van der Waals surface area contributed by atoms with Gasteiger partial charge in [-0.25, -0.2) is 0 Å². The highest BCUT2D eigenvalue weighted by Crippen LogP contribution is 2.29. The van der Waals surface area contributed by atoms with Gasteiger partial charge in [0.25, 0.3) is 0 Å². The maximum Gasteiger partial charge on any atom is 0.101 e. The minimum absolute atomic E-state index is 0.652. The molecule has 0 heterocycles. The van der Waals surface area contributed by atoms with Gasteiger partial charge in [0.05, 0.1) is 22.6 Å². The molecule has 0 saturated carbocycles. The summed E-state index contributed by atoms with van der Waals surface area (Å²) in [6.07, 6.45) is 0. The standard InChI is InChI=1S/C16H17N3/c1-12-8-9-13(11-17)15(10-12)18-14-6-4-5-7-16(14)19(2)3/h4-10,18H,1-3H3. The number of para-hydroxylation sites is 2. The van der Waals surface area contributed by atoms with Crippen LogP contribution in [0.4, 0.5) is 17.1 Å². The quantitative estimate of drug-likeness (QED) is 0.904. The highest BCUT2D eigenvalue weighted by molar-refractivity contribution is 5.77. The molecule has 0 bridgehead atoms. The van der Waals surface area contributed by atoms with Crippen LogP contribution in [0.15, 0.2) is 42.5 Å². The Balaban J connectivity index is 2.42. The lowest BCUT2D eigenvalue weighted by Gasteiger charge is -2.19. The third kappa shape index (κ3) is 2.86. The van der Waals surface area contributed by atoms with Crippen LogP contribution in [0.1, 0.15) is 11.1 Å². The van der Waals surface area contributed by atoms with E-state index in [1.54, 1.807) is 0 Å². The number of nitrogens with one attached hydrogen (secondary N) is 1. The number of rotatable bonds is 3. The third-order valence-electron chi connectivity index (χ3n) is 2.95. The fourth-order valence-corrected chi connectivity index (χ4v) is 1.97. The second-order valence-corrected chi connectivity index (χ2v) is 4.70. The summed E-state index contributed by atoms with van der Waals surface area (Å²) in [6.45, 7) is 2.02. The van der Waals surface area contributed by atoms with E-state index < -0.39 is 0 Å². The lowest BCUT2D eigenvalue weighted by molar-refractivity contribution is 1.13. The molecule has 2 aromatic carbocycles. The van der Waals surface area contributed by atoms with E-state index in [0.717, 1.165) is 22.6 Å². The molecule has 96 valence electrons. The summed E-state index contributed by atoms with van der Waals surface area (Å²) in [6, 6.07) is 16.0. The normalized spacial score (nSPS) is 9.79. The summed E-state index contributed by atoms with van der Waals surface area (Å²) in [7, 11) is 4.00. The van der Waals surface area contributed by atoms with E-state index in [-0.39, 0.29) is 0 Å². The van der Waals surface area contributed by atoms with Crippen molar-refractivity contribution in [2.24, 2.45) is 0 Å². The van der Waals surface area contributed by atoms with E-state index >= 15 is 0 Å². The summed E-state index contributed by atoms with van der Waals surface area (Å²) in [5.41, 5.74) is 4.71. The Labute approximate surface area is 114 Å². The van der Waals surface area contributed by atoms with Gasteiger partial charge in [-0.1, -0.05) is 18.2 Å². The number of hydrogen-bond donors (Lipinski definition) is 1. The zero-order chi connectivity index (χ0) is 13.8. The van der Waals surface area contributed by atoms with Crippen LogP contribution in [0.5, 0.6) is 0 Å². The Bertz CT molecular complexity index is 624. The van der Waals surface area contributed by atoms with Crippen molar-refractivity contribution in [2.45, 2.75) is 6.92 Å². The van der Waals surface area contributed by atoms with Crippen molar-refractivity contribution in [1.29, 1.82) is 5.26 Å². The highest BCUT2D eigenvalue weighted by Gasteiger charge is 2.07. The van der Waals surface area contributed by atoms with Gasteiger partial charge in [0.1, 0.15) is 6.07 Å². The van der Waals surface area contributed by atoms with Gasteiger partial charge in [-0.2, -0.15) is 5.26 Å². The first-order chi connectivity index (χ1) is 9.11. The minimum Gasteiger partial charge on any atom is -0.376 e. The van der Waals surface area contributed by atoms with Crippen molar-refractivity contribution in [2.75, 3.05) is 24.3 Å². The van der Waals surface area contributed by atoms with Crippen LogP contribution in [0.2, 0.25) is 0 Å². The summed E-state index contributed by atoms with van der Waals surface area (Å²) in [5, 5.41) is 12.5. The molecule has 0 aromatic heterocycles. The topological polar surface area (TPSA) is 39.1 Å². The predicted octanol–water partition coefficient (Wildman–Crippen LogP) is 3.68. The number of benzene rings is 2. The Morgan fingerprint density at radius 1 is 1.05 bits per heavy atom. The van der Waals surface area contributed by atoms with Gasteiger partial charge in [-0.3, -0.25) is 0 Å². The minimum atomic E-state index is 0.652. The Hall–Kier alpha value is -2.47. The van der Waals surface area contributed by atoms with Gasteiger partial charge in [0.2, 0.25) is 0 Å². The van der Waals surface area contributed by atoms with E-state index in [9.17, 15) is 0 Å². The Kier molecular flexibility index (Phi) is 3.72. The first-order valence-corrected chi connectivity index (χ1v) is 6.16. The van der Waals surface area contributed by atoms with Crippen molar-refractivity contribution >= 4 is 17.1 Å². The molecule has 0 aliphatic carbocycles. The van der Waals surface area contributed by atoms with E-state index in [2.05, 4.69) is 11.4 Å². The molecule has 19 heavy (non-hydrogen) atoms. The molecule has 3 nitrogen and oxygen atoms in total. The summed E-state index contributed by atoms with van der Waals surface area (Å²) >= 11 is 0. The van der Waals surface area contributed by atoms with Gasteiger partial charge < -0.3 is 10.2 Å². The SMILES string of the molecule is Cc1ccc(C#N)c(Nc2ccccc2N(C)C)c1. The van der Waals surface area contributed by atoms with Crippen molar-refractivity contribution in [3.8, 4) is 6.07 Å². The summed E-state index contributed by atoms with van der Waals surface area (Å²) < 4.78 is 0. The average Bonchev–Trinajstić information content (AvgIpc) is 2.39. The maximum atomic E-state index is 9.17. The number of aryl methyl sites for hydroxylation is 1. The Morgan fingerprint density at radius 2 is 1.79 bits per heavy atom. The predicted molar refractivity (Wildman–Crippen MR) is 79.9 cm³/mol. The fourth-order valence-electron chi connectivity index (χ4n) is 1.97. The van der Waals surface area contributed by atoms with Gasteiger partial charge in [0, 0.05) is 14.1 Å². The summed E-state index contributed by atoms with van der Waals surface area (Å²) in [4.78, 5) is 2.05. The van der Waals surface area contributed by atoms with Gasteiger partial charge in [-0.05, 0) is 36.8 Å². The van der Waals surface area contributed by atoms with Crippen LogP contribution in [-0.4, -0.2) is 14.1 Å². The van der Waals surface area contributed by atoms with Crippen LogP contribution >= 0.6 is 0 Å². The van der Waals surface area contributed by atoms with Crippen LogP contribution in [0.25, 0.3) is 0 Å². The van der Waals surface area contributed by atoms with Crippen LogP contribution in [0, 0.1) is 18.3 Å². The van der Waals surface area contributed by atoms with Crippen molar-refractivity contribution < 1.29 is 0 Å². The monoisotopic (exact) mass is 251 g/mol. The molecule has 0 amide bonds. The average molecular weight is 251 g/mol. The van der Waals surface area contributed by atoms with E-state index in [4.69, 9.17) is 5.26 Å². The lowest BCUT2D eigenvalue weighted by Crippen LogP contribution is -2.11. The zero-order valence-corrected chi connectivity index (χ0v) is 11.4. The molecule has 0 radical (unpaired) electrons. The van der Waals surface area contributed by atoms with Crippen molar-refractivity contribution in [3.63, 3.8) is 0 Å². The van der Waals surface area contributed by atoms with Gasteiger partial charge in [-0.15, -0.1) is 0 Å². The van der Waals surface area contributed by atoms with Crippen LogP contribution in [0.3, 0.4) is 0 Å². The van der Waals surface area contributed by atoms with E-state index in [0.29, 0.717) is 5.56 Å². The van der Waals surface area contributed by atoms with Crippen molar-refractivity contribution in [3.05, 3.63) is 53.6 Å². The number of anilines is 3. The fraction of sp³-hybridized carbons (Fsp3) is 0.188. The molecule has 0 atom stereocenters. The maximum absolute atomic E-state index is 9.17. The molecule has 0 unspecified atom stereocenters. The number of nitrogens with zero attached hydrogens (tertiary/aromatic N) is 2. The highest BCUT2D eigenvalue weighted by atomic mass is 15.1. The van der Waals surface area contributed by atoms with E-state index in [1.807, 2.05) is 68.4 Å². The molecule has 0 spiro atoms. The molecule has 0 aliphatic heterocycles. The Morgan fingerprint density at radius 3 is 2.47 bits per heavy atom. The molecule has 1 N–H and O–H groups in total. The number of nitriles is 1. The molecular formula is C16H17N3. The smallest absolute Gasteiger partial charge is 0.101 e. The van der Waals surface area contributed by atoms with Crippen molar-refractivity contribution in [1.82, 2.24) is 0 Å². The zero-order valence-electron chi connectivity index (χ0n) is 11.4. The van der Waals surface area contributed by atoms with Crippen LogP contribution in [-0.2, 0) is 0 Å². The van der Waals surface area contributed by atoms with Crippen LogP contribution < -0.4 is 10.2 Å². The summed E-state index contributed by atoms with van der Waals surface area (Å²) in [5.74, 6) is 0. The second-order valence-electron chi connectivity index (χ2n) is 4.70.